The average molecular weight is 315 g/mol. The third-order valence-electron chi connectivity index (χ3n) is 8.23. The summed E-state index contributed by atoms with van der Waals surface area (Å²) in [6, 6.07) is 0. The van der Waals surface area contributed by atoms with E-state index in [1.807, 2.05) is 0 Å². The summed E-state index contributed by atoms with van der Waals surface area (Å²) in [5.41, 5.74) is 3.14. The summed E-state index contributed by atoms with van der Waals surface area (Å²) in [5.74, 6) is 2.42. The highest BCUT2D eigenvalue weighted by molar-refractivity contribution is 5.83. The molecule has 0 N–H and O–H groups in total. The quantitative estimate of drug-likeness (QED) is 0.575. The molecule has 3 saturated carbocycles. The molecule has 0 aromatic heterocycles. The van der Waals surface area contributed by atoms with Crippen molar-refractivity contribution in [3.8, 4) is 0 Å². The molecule has 23 heavy (non-hydrogen) atoms. The molecule has 0 aliphatic heterocycles. The minimum atomic E-state index is 0.146. The maximum absolute atomic E-state index is 13.2. The molecule has 0 radical (unpaired) electrons. The minimum Gasteiger partial charge on any atom is -0.299 e. The Hall–Kier alpha value is -0.850. The van der Waals surface area contributed by atoms with Crippen LogP contribution in [0.15, 0.2) is 24.3 Å². The Morgan fingerprint density at radius 3 is 2.57 bits per heavy atom. The molecule has 3 aliphatic rings. The van der Waals surface area contributed by atoms with E-state index in [1.54, 1.807) is 0 Å². The molecule has 0 aromatic carbocycles. The van der Waals surface area contributed by atoms with Gasteiger partial charge in [0.15, 0.2) is 0 Å². The van der Waals surface area contributed by atoms with Gasteiger partial charge in [-0.05, 0) is 67.6 Å². The predicted octanol–water partition coefficient (Wildman–Crippen LogP) is 5.96. The van der Waals surface area contributed by atoms with Crippen molar-refractivity contribution in [1.29, 1.82) is 0 Å². The van der Waals surface area contributed by atoms with Gasteiger partial charge >= 0.3 is 0 Å². The number of Topliss-reactive ketones (excluding diaryl/α,β-unsaturated/α-hetero) is 1. The van der Waals surface area contributed by atoms with Gasteiger partial charge in [-0.1, -0.05) is 51.5 Å². The SMILES string of the molecule is C=C1CCC2(C)C(C1)CC(=O)C1C(CC)C(C)(C(=C)C)CCC12. The summed E-state index contributed by atoms with van der Waals surface area (Å²) in [4.78, 5) is 13.2. The number of hydrogen-bond acceptors (Lipinski definition) is 1. The monoisotopic (exact) mass is 314 g/mol. The van der Waals surface area contributed by atoms with E-state index in [0.29, 0.717) is 29.0 Å². The molecule has 0 amide bonds. The lowest BCUT2D eigenvalue weighted by Gasteiger charge is -2.60. The number of ketones is 1. The maximum Gasteiger partial charge on any atom is 0.136 e. The Labute approximate surface area is 142 Å². The molecule has 0 spiro atoms. The number of fused-ring (bicyclic) bond motifs is 3. The molecule has 3 aliphatic carbocycles. The lowest BCUT2D eigenvalue weighted by Crippen LogP contribution is -2.56. The zero-order valence-corrected chi connectivity index (χ0v) is 15.6. The van der Waals surface area contributed by atoms with Gasteiger partial charge in [-0.15, -0.1) is 0 Å². The number of carbonyl (C=O) groups excluding carboxylic acids is 1. The van der Waals surface area contributed by atoms with Crippen LogP contribution in [0.4, 0.5) is 0 Å². The second kappa shape index (κ2) is 5.60. The van der Waals surface area contributed by atoms with Crippen molar-refractivity contribution in [3.63, 3.8) is 0 Å². The van der Waals surface area contributed by atoms with Gasteiger partial charge in [0.2, 0.25) is 0 Å². The summed E-state index contributed by atoms with van der Waals surface area (Å²) in [5, 5.41) is 0. The van der Waals surface area contributed by atoms with Crippen LogP contribution >= 0.6 is 0 Å². The minimum absolute atomic E-state index is 0.146. The van der Waals surface area contributed by atoms with E-state index >= 15 is 0 Å². The number of hydrogen-bond donors (Lipinski definition) is 0. The molecule has 6 atom stereocenters. The lowest BCUT2D eigenvalue weighted by molar-refractivity contribution is -0.152. The van der Waals surface area contributed by atoms with Crippen LogP contribution in [0.25, 0.3) is 0 Å². The van der Waals surface area contributed by atoms with Gasteiger partial charge in [0.1, 0.15) is 5.78 Å². The van der Waals surface area contributed by atoms with Crippen molar-refractivity contribution in [3.05, 3.63) is 24.3 Å². The van der Waals surface area contributed by atoms with Gasteiger partial charge in [-0.3, -0.25) is 4.79 Å². The zero-order valence-electron chi connectivity index (χ0n) is 15.6. The molecule has 1 nitrogen and oxygen atoms in total. The molecule has 0 bridgehead atoms. The van der Waals surface area contributed by atoms with Crippen LogP contribution in [0.1, 0.15) is 72.6 Å². The molecule has 3 rings (SSSR count). The molecular formula is C22H34O. The first kappa shape index (κ1) is 17.0. The van der Waals surface area contributed by atoms with Gasteiger partial charge in [-0.25, -0.2) is 0 Å². The largest absolute Gasteiger partial charge is 0.299 e. The van der Waals surface area contributed by atoms with Crippen LogP contribution in [0.3, 0.4) is 0 Å². The van der Waals surface area contributed by atoms with Crippen molar-refractivity contribution < 1.29 is 4.79 Å². The highest BCUT2D eigenvalue weighted by atomic mass is 16.1. The van der Waals surface area contributed by atoms with Gasteiger partial charge in [0.25, 0.3) is 0 Å². The Morgan fingerprint density at radius 2 is 1.96 bits per heavy atom. The predicted molar refractivity (Wildman–Crippen MR) is 97.1 cm³/mol. The second-order valence-corrected chi connectivity index (χ2v) is 9.21. The molecule has 0 heterocycles. The van der Waals surface area contributed by atoms with E-state index in [2.05, 4.69) is 40.9 Å². The smallest absolute Gasteiger partial charge is 0.136 e. The number of allylic oxidation sites excluding steroid dienone is 2. The summed E-state index contributed by atoms with van der Waals surface area (Å²) in [7, 11) is 0. The van der Waals surface area contributed by atoms with Crippen LogP contribution < -0.4 is 0 Å². The standard InChI is InChI=1S/C22H34O/c1-7-17-20-18(9-11-21(17,5)14(2)3)22(6)10-8-15(4)12-16(22)13-19(20)23/h16-18,20H,2,4,7-13H2,1,3,5-6H3. The van der Waals surface area contributed by atoms with E-state index in [1.165, 1.54) is 36.8 Å². The molecule has 128 valence electrons. The Balaban J connectivity index is 1.99. The van der Waals surface area contributed by atoms with Crippen LogP contribution in [0.2, 0.25) is 0 Å². The third-order valence-corrected chi connectivity index (χ3v) is 8.23. The fourth-order valence-corrected chi connectivity index (χ4v) is 6.43. The fourth-order valence-electron chi connectivity index (χ4n) is 6.43. The Bertz CT molecular complexity index is 544. The van der Waals surface area contributed by atoms with E-state index in [4.69, 9.17) is 0 Å². The molecule has 6 unspecified atom stereocenters. The molecule has 0 saturated heterocycles. The van der Waals surface area contributed by atoms with Gasteiger partial charge < -0.3 is 0 Å². The lowest BCUT2D eigenvalue weighted by atomic mass is 9.43. The summed E-state index contributed by atoms with van der Waals surface area (Å²) in [6.45, 7) is 17.8. The zero-order chi connectivity index (χ0) is 17.0. The third kappa shape index (κ3) is 2.37. The van der Waals surface area contributed by atoms with Crippen LogP contribution in [-0.2, 0) is 4.79 Å². The van der Waals surface area contributed by atoms with E-state index in [0.717, 1.165) is 19.3 Å². The normalized spacial score (nSPS) is 47.0. The van der Waals surface area contributed by atoms with E-state index < -0.39 is 0 Å². The van der Waals surface area contributed by atoms with Crippen molar-refractivity contribution in [2.24, 2.45) is 34.5 Å². The van der Waals surface area contributed by atoms with Crippen molar-refractivity contribution in [1.82, 2.24) is 0 Å². The van der Waals surface area contributed by atoms with Gasteiger partial charge in [-0.2, -0.15) is 0 Å². The van der Waals surface area contributed by atoms with E-state index in [9.17, 15) is 4.79 Å². The molecule has 1 heteroatoms. The molecule has 3 fully saturated rings. The summed E-state index contributed by atoms with van der Waals surface area (Å²) >= 11 is 0. The number of carbonyl (C=O) groups is 1. The highest BCUT2D eigenvalue weighted by Gasteiger charge is 2.59. The van der Waals surface area contributed by atoms with Gasteiger partial charge in [0.05, 0.1) is 0 Å². The Morgan fingerprint density at radius 1 is 1.26 bits per heavy atom. The topological polar surface area (TPSA) is 17.1 Å². The van der Waals surface area contributed by atoms with Crippen molar-refractivity contribution in [2.75, 3.05) is 0 Å². The van der Waals surface area contributed by atoms with Crippen molar-refractivity contribution >= 4 is 5.78 Å². The van der Waals surface area contributed by atoms with Gasteiger partial charge in [0, 0.05) is 12.3 Å². The first-order valence-electron chi connectivity index (χ1n) is 9.59. The fraction of sp³-hybridized carbons (Fsp3) is 0.773. The first-order chi connectivity index (χ1) is 10.7. The van der Waals surface area contributed by atoms with Crippen LogP contribution in [-0.4, -0.2) is 5.78 Å². The van der Waals surface area contributed by atoms with E-state index in [-0.39, 0.29) is 11.3 Å². The highest BCUT2D eigenvalue weighted by Crippen LogP contribution is 2.63. The molecular weight excluding hydrogens is 280 g/mol. The number of rotatable bonds is 2. The van der Waals surface area contributed by atoms with Crippen molar-refractivity contribution in [2.45, 2.75) is 72.6 Å². The first-order valence-corrected chi connectivity index (χ1v) is 9.59. The maximum atomic E-state index is 13.2. The summed E-state index contributed by atoms with van der Waals surface area (Å²) < 4.78 is 0. The van der Waals surface area contributed by atoms with Crippen LogP contribution in [0.5, 0.6) is 0 Å². The Kier molecular flexibility index (Phi) is 4.14. The average Bonchev–Trinajstić information content (AvgIpc) is 2.49. The van der Waals surface area contributed by atoms with Crippen LogP contribution in [0, 0.1) is 34.5 Å². The summed E-state index contributed by atoms with van der Waals surface area (Å²) in [6.07, 6.45) is 7.79. The molecule has 0 aromatic rings. The second-order valence-electron chi connectivity index (χ2n) is 9.21.